The van der Waals surface area contributed by atoms with Crippen LogP contribution in [0.1, 0.15) is 41.4 Å². The van der Waals surface area contributed by atoms with Crippen molar-refractivity contribution in [1.29, 1.82) is 0 Å². The highest BCUT2D eigenvalue weighted by Crippen LogP contribution is 2.52. The summed E-state index contributed by atoms with van der Waals surface area (Å²) in [6.45, 7) is 2.10. The lowest BCUT2D eigenvalue weighted by atomic mass is 9.60. The summed E-state index contributed by atoms with van der Waals surface area (Å²) in [5, 5.41) is 12.9. The Hall–Kier alpha value is -1.12. The summed E-state index contributed by atoms with van der Waals surface area (Å²) < 4.78 is 0. The van der Waals surface area contributed by atoms with Crippen molar-refractivity contribution >= 4 is 11.3 Å². The van der Waals surface area contributed by atoms with Gasteiger partial charge in [-0.3, -0.25) is 0 Å². The molecule has 1 heterocycles. The maximum absolute atomic E-state index is 10.8. The molecule has 2 heteroatoms. The summed E-state index contributed by atoms with van der Waals surface area (Å²) in [6.07, 6.45) is 3.04. The van der Waals surface area contributed by atoms with Crippen molar-refractivity contribution in [3.63, 3.8) is 0 Å². The van der Waals surface area contributed by atoms with Crippen LogP contribution in [0.5, 0.6) is 0 Å². The van der Waals surface area contributed by atoms with Crippen LogP contribution in [0.2, 0.25) is 0 Å². The summed E-state index contributed by atoms with van der Waals surface area (Å²) in [5.74, 6) is 0. The molecular weight excluding hydrogens is 240 g/mol. The minimum Gasteiger partial charge on any atom is -0.387 e. The lowest BCUT2D eigenvalue weighted by molar-refractivity contribution is 0.0267. The normalized spacial score (nSPS) is 19.2. The largest absolute Gasteiger partial charge is 0.387 e. The Morgan fingerprint density at radius 3 is 2.39 bits per heavy atom. The van der Waals surface area contributed by atoms with Crippen molar-refractivity contribution in [3.05, 3.63) is 57.8 Å². The smallest absolute Gasteiger partial charge is 0.0897 e. The maximum atomic E-state index is 10.8. The highest BCUT2D eigenvalue weighted by atomic mass is 32.1. The molecule has 0 radical (unpaired) electrons. The number of benzene rings is 1. The first-order valence-electron chi connectivity index (χ1n) is 6.52. The Labute approximate surface area is 112 Å². The van der Waals surface area contributed by atoms with Crippen LogP contribution in [0, 0.1) is 6.92 Å². The third-order valence-corrected chi connectivity index (χ3v) is 5.17. The van der Waals surface area contributed by atoms with E-state index in [1.165, 1.54) is 16.9 Å². The molecule has 0 bridgehead atoms. The summed E-state index contributed by atoms with van der Waals surface area (Å²) in [5.41, 5.74) is 2.35. The van der Waals surface area contributed by atoms with Gasteiger partial charge in [-0.2, -0.15) is 0 Å². The number of aliphatic hydroxyl groups excluding tert-OH is 1. The van der Waals surface area contributed by atoms with E-state index in [2.05, 4.69) is 42.6 Å². The van der Waals surface area contributed by atoms with E-state index < -0.39 is 0 Å². The van der Waals surface area contributed by atoms with E-state index in [1.54, 1.807) is 11.3 Å². The number of hydrogen-bond acceptors (Lipinski definition) is 2. The summed E-state index contributed by atoms with van der Waals surface area (Å²) in [6, 6.07) is 12.6. The summed E-state index contributed by atoms with van der Waals surface area (Å²) in [4.78, 5) is 1.24. The molecule has 18 heavy (non-hydrogen) atoms. The second-order valence-electron chi connectivity index (χ2n) is 5.21. The molecule has 94 valence electrons. The molecule has 0 aliphatic heterocycles. The van der Waals surface area contributed by atoms with E-state index in [0.717, 1.165) is 18.4 Å². The van der Waals surface area contributed by atoms with Crippen LogP contribution in [0.3, 0.4) is 0 Å². The molecule has 0 amide bonds. The van der Waals surface area contributed by atoms with Gasteiger partial charge in [-0.05, 0) is 42.3 Å². The predicted molar refractivity (Wildman–Crippen MR) is 76.0 cm³/mol. The van der Waals surface area contributed by atoms with Gasteiger partial charge in [-0.15, -0.1) is 11.3 Å². The molecule has 1 saturated carbocycles. The minimum absolute atomic E-state index is 0.0485. The van der Waals surface area contributed by atoms with Crippen LogP contribution in [0.4, 0.5) is 0 Å². The molecule has 0 saturated heterocycles. The molecule has 1 aliphatic rings. The number of hydrogen-bond donors (Lipinski definition) is 1. The van der Waals surface area contributed by atoms with E-state index in [9.17, 15) is 5.11 Å². The molecule has 1 aromatic heterocycles. The standard InChI is InChI=1S/C16H18OS/c1-12-14(8-11-18-12)15(17)16(9-5-10-16)13-6-3-2-4-7-13/h2-4,6-8,11,15,17H,5,9-10H2,1H3. The van der Waals surface area contributed by atoms with Crippen LogP contribution < -0.4 is 0 Å². The predicted octanol–water partition coefficient (Wildman–Crippen LogP) is 4.21. The summed E-state index contributed by atoms with van der Waals surface area (Å²) >= 11 is 1.72. The lowest BCUT2D eigenvalue weighted by Gasteiger charge is -2.46. The van der Waals surface area contributed by atoms with Crippen LogP contribution >= 0.6 is 11.3 Å². The third-order valence-electron chi connectivity index (χ3n) is 4.31. The van der Waals surface area contributed by atoms with Gasteiger partial charge >= 0.3 is 0 Å². The van der Waals surface area contributed by atoms with Crippen LogP contribution in [-0.4, -0.2) is 5.11 Å². The fourth-order valence-corrected chi connectivity index (χ4v) is 3.76. The van der Waals surface area contributed by atoms with E-state index in [0.29, 0.717) is 0 Å². The zero-order valence-corrected chi connectivity index (χ0v) is 11.4. The van der Waals surface area contributed by atoms with Crippen LogP contribution in [-0.2, 0) is 5.41 Å². The Morgan fingerprint density at radius 2 is 1.89 bits per heavy atom. The molecule has 1 aliphatic carbocycles. The molecule has 1 N–H and O–H groups in total. The van der Waals surface area contributed by atoms with Gasteiger partial charge in [-0.25, -0.2) is 0 Å². The quantitative estimate of drug-likeness (QED) is 0.874. The van der Waals surface area contributed by atoms with Crippen molar-refractivity contribution < 1.29 is 5.11 Å². The third kappa shape index (κ3) is 1.72. The first-order valence-corrected chi connectivity index (χ1v) is 7.39. The number of rotatable bonds is 3. The molecule has 3 rings (SSSR count). The van der Waals surface area contributed by atoms with Crippen molar-refractivity contribution in [2.75, 3.05) is 0 Å². The fraction of sp³-hybridized carbons (Fsp3) is 0.375. The van der Waals surface area contributed by atoms with Crippen molar-refractivity contribution in [1.82, 2.24) is 0 Å². The van der Waals surface area contributed by atoms with Gasteiger partial charge in [0, 0.05) is 10.3 Å². The zero-order chi connectivity index (χ0) is 12.6. The van der Waals surface area contributed by atoms with Gasteiger partial charge in [0.25, 0.3) is 0 Å². The number of aliphatic hydroxyl groups is 1. The topological polar surface area (TPSA) is 20.2 Å². The van der Waals surface area contributed by atoms with Crippen molar-refractivity contribution in [2.45, 2.75) is 37.7 Å². The van der Waals surface area contributed by atoms with E-state index in [4.69, 9.17) is 0 Å². The molecule has 1 unspecified atom stereocenters. The Kier molecular flexibility index (Phi) is 3.00. The monoisotopic (exact) mass is 258 g/mol. The van der Waals surface area contributed by atoms with Gasteiger partial charge in [-0.1, -0.05) is 36.8 Å². The van der Waals surface area contributed by atoms with Gasteiger partial charge in [0.05, 0.1) is 6.10 Å². The number of thiophene rings is 1. The average molecular weight is 258 g/mol. The molecule has 2 aromatic rings. The van der Waals surface area contributed by atoms with Crippen LogP contribution in [0.15, 0.2) is 41.8 Å². The first kappa shape index (κ1) is 11.9. The first-order chi connectivity index (χ1) is 8.74. The SMILES string of the molecule is Cc1sccc1C(O)C1(c2ccccc2)CCC1. The van der Waals surface area contributed by atoms with E-state index >= 15 is 0 Å². The minimum atomic E-state index is -0.361. The Bertz CT molecular complexity index is 525. The molecule has 0 spiro atoms. The maximum Gasteiger partial charge on any atom is 0.0897 e. The molecule has 1 fully saturated rings. The highest BCUT2D eigenvalue weighted by molar-refractivity contribution is 7.10. The van der Waals surface area contributed by atoms with Gasteiger partial charge in [0.1, 0.15) is 0 Å². The zero-order valence-electron chi connectivity index (χ0n) is 10.6. The Balaban J connectivity index is 2.00. The highest BCUT2D eigenvalue weighted by Gasteiger charge is 2.45. The van der Waals surface area contributed by atoms with Gasteiger partial charge in [0.15, 0.2) is 0 Å². The lowest BCUT2D eigenvalue weighted by Crippen LogP contribution is -2.40. The average Bonchev–Trinajstić information content (AvgIpc) is 2.75. The number of aryl methyl sites for hydroxylation is 1. The molecule has 1 atom stereocenters. The second kappa shape index (κ2) is 4.52. The molecular formula is C16H18OS. The van der Waals surface area contributed by atoms with E-state index in [-0.39, 0.29) is 11.5 Å². The molecule has 1 aromatic carbocycles. The van der Waals surface area contributed by atoms with Crippen molar-refractivity contribution in [3.8, 4) is 0 Å². The van der Waals surface area contributed by atoms with Crippen LogP contribution in [0.25, 0.3) is 0 Å². The van der Waals surface area contributed by atoms with E-state index in [1.807, 2.05) is 6.07 Å². The van der Waals surface area contributed by atoms with Crippen molar-refractivity contribution in [2.24, 2.45) is 0 Å². The summed E-state index contributed by atoms with van der Waals surface area (Å²) in [7, 11) is 0. The van der Waals surface area contributed by atoms with Gasteiger partial charge in [0.2, 0.25) is 0 Å². The fourth-order valence-electron chi connectivity index (χ4n) is 3.02. The Morgan fingerprint density at radius 1 is 1.17 bits per heavy atom. The second-order valence-corrected chi connectivity index (χ2v) is 6.33. The van der Waals surface area contributed by atoms with Gasteiger partial charge < -0.3 is 5.11 Å². The molecule has 1 nitrogen and oxygen atoms in total.